The fourth-order valence-corrected chi connectivity index (χ4v) is 2.25. The lowest BCUT2D eigenvalue weighted by Crippen LogP contribution is -2.34. The summed E-state index contributed by atoms with van der Waals surface area (Å²) in [6.45, 7) is 5.40. The van der Waals surface area contributed by atoms with Crippen molar-refractivity contribution in [3.63, 3.8) is 0 Å². The molecule has 1 amide bonds. The van der Waals surface area contributed by atoms with Crippen molar-refractivity contribution in [1.29, 1.82) is 0 Å². The average Bonchev–Trinajstić information content (AvgIpc) is 2.59. The Kier molecular flexibility index (Phi) is 3.39. The van der Waals surface area contributed by atoms with E-state index in [1.165, 1.54) is 6.07 Å². The number of rotatable bonds is 1. The van der Waals surface area contributed by atoms with E-state index in [-0.39, 0.29) is 11.7 Å². The van der Waals surface area contributed by atoms with Crippen molar-refractivity contribution in [1.82, 2.24) is 5.32 Å². The van der Waals surface area contributed by atoms with Gasteiger partial charge in [-0.3, -0.25) is 0 Å². The first kappa shape index (κ1) is 13.6. The summed E-state index contributed by atoms with van der Waals surface area (Å²) < 4.78 is 18.7. The molecule has 0 spiro atoms. The van der Waals surface area contributed by atoms with Crippen LogP contribution in [0.25, 0.3) is 0 Å². The molecule has 0 unspecified atom stereocenters. The molecule has 1 aliphatic rings. The molecule has 0 heterocycles. The van der Waals surface area contributed by atoms with Gasteiger partial charge < -0.3 is 15.8 Å². The topological polar surface area (TPSA) is 64.3 Å². The van der Waals surface area contributed by atoms with Gasteiger partial charge in [0.25, 0.3) is 0 Å². The number of hydrogen-bond acceptors (Lipinski definition) is 3. The van der Waals surface area contributed by atoms with Crippen molar-refractivity contribution in [3.05, 3.63) is 29.1 Å². The lowest BCUT2D eigenvalue weighted by atomic mass is 10.1. The smallest absolute Gasteiger partial charge is 0.408 e. The molecular formula is C14H19FN2O2. The zero-order chi connectivity index (χ0) is 14.2. The molecule has 19 heavy (non-hydrogen) atoms. The van der Waals surface area contributed by atoms with E-state index >= 15 is 0 Å². The van der Waals surface area contributed by atoms with Crippen LogP contribution < -0.4 is 11.1 Å². The fourth-order valence-electron chi connectivity index (χ4n) is 2.25. The number of halogens is 1. The molecule has 5 heteroatoms. The Morgan fingerprint density at radius 2 is 2.16 bits per heavy atom. The van der Waals surface area contributed by atoms with Gasteiger partial charge in [-0.2, -0.15) is 0 Å². The van der Waals surface area contributed by atoms with Crippen LogP contribution in [0.15, 0.2) is 12.1 Å². The molecule has 3 N–H and O–H groups in total. The molecule has 0 aromatic heterocycles. The van der Waals surface area contributed by atoms with E-state index in [0.29, 0.717) is 0 Å². The summed E-state index contributed by atoms with van der Waals surface area (Å²) in [5.41, 5.74) is 6.92. The third kappa shape index (κ3) is 3.16. The second-order valence-corrected chi connectivity index (χ2v) is 5.81. The predicted octanol–water partition coefficient (Wildman–Crippen LogP) is 2.92. The summed E-state index contributed by atoms with van der Waals surface area (Å²) in [5, 5.41) is 2.77. The normalized spacial score (nSPS) is 18.0. The quantitative estimate of drug-likeness (QED) is 0.768. The number of hydrogen-bond donors (Lipinski definition) is 2. The lowest BCUT2D eigenvalue weighted by molar-refractivity contribution is 0.0503. The van der Waals surface area contributed by atoms with Gasteiger partial charge in [0.1, 0.15) is 11.4 Å². The third-order valence-electron chi connectivity index (χ3n) is 3.03. The summed E-state index contributed by atoms with van der Waals surface area (Å²) in [5.74, 6) is -0.448. The number of nitrogens with two attached hydrogens (primary N) is 1. The van der Waals surface area contributed by atoms with Crippen molar-refractivity contribution >= 4 is 11.8 Å². The van der Waals surface area contributed by atoms with Crippen LogP contribution in [-0.2, 0) is 11.2 Å². The highest BCUT2D eigenvalue weighted by molar-refractivity contribution is 5.69. The number of ether oxygens (including phenoxy) is 1. The SMILES string of the molecule is CC(C)(C)OC(=O)N[C@@H]1CCc2cc(N)c(F)cc21. The first-order valence-electron chi connectivity index (χ1n) is 6.33. The van der Waals surface area contributed by atoms with Gasteiger partial charge in [-0.05, 0) is 56.9 Å². The standard InChI is InChI=1S/C14H19FN2O2/c1-14(2,3)19-13(18)17-12-5-4-8-6-11(16)10(15)7-9(8)12/h6-7,12H,4-5,16H2,1-3H3,(H,17,18)/t12-/m1/s1. The van der Waals surface area contributed by atoms with E-state index in [1.807, 2.05) is 0 Å². The Bertz CT molecular complexity index is 509. The van der Waals surface area contributed by atoms with Crippen LogP contribution in [0.1, 0.15) is 44.4 Å². The zero-order valence-electron chi connectivity index (χ0n) is 11.4. The first-order chi connectivity index (χ1) is 8.76. The van der Waals surface area contributed by atoms with Crippen molar-refractivity contribution in [2.75, 3.05) is 5.73 Å². The maximum atomic E-state index is 13.5. The van der Waals surface area contributed by atoms with Gasteiger partial charge in [0.05, 0.1) is 11.7 Å². The largest absolute Gasteiger partial charge is 0.444 e. The molecule has 0 saturated heterocycles. The van der Waals surface area contributed by atoms with Crippen molar-refractivity contribution in [3.8, 4) is 0 Å². The Labute approximate surface area is 112 Å². The summed E-state index contributed by atoms with van der Waals surface area (Å²) in [6.07, 6.45) is 1.03. The lowest BCUT2D eigenvalue weighted by Gasteiger charge is -2.22. The molecule has 0 radical (unpaired) electrons. The van der Waals surface area contributed by atoms with Gasteiger partial charge in [0.15, 0.2) is 0 Å². The molecule has 2 rings (SSSR count). The van der Waals surface area contributed by atoms with E-state index < -0.39 is 17.5 Å². The molecule has 4 nitrogen and oxygen atoms in total. The number of alkyl carbamates (subject to hydrolysis) is 1. The minimum absolute atomic E-state index is 0.150. The maximum absolute atomic E-state index is 13.5. The Hall–Kier alpha value is -1.78. The Balaban J connectivity index is 2.11. The van der Waals surface area contributed by atoms with Crippen LogP contribution in [0.4, 0.5) is 14.9 Å². The number of benzene rings is 1. The van der Waals surface area contributed by atoms with E-state index in [1.54, 1.807) is 26.8 Å². The van der Waals surface area contributed by atoms with Crippen LogP contribution in [0.2, 0.25) is 0 Å². The highest BCUT2D eigenvalue weighted by atomic mass is 19.1. The van der Waals surface area contributed by atoms with Crippen LogP contribution in [0.5, 0.6) is 0 Å². The number of carbonyl (C=O) groups is 1. The predicted molar refractivity (Wildman–Crippen MR) is 71.2 cm³/mol. The fraction of sp³-hybridized carbons (Fsp3) is 0.500. The molecule has 1 aromatic carbocycles. The average molecular weight is 266 g/mol. The molecule has 0 saturated carbocycles. The number of fused-ring (bicyclic) bond motifs is 1. The van der Waals surface area contributed by atoms with Crippen molar-refractivity contribution < 1.29 is 13.9 Å². The summed E-state index contributed by atoms with van der Waals surface area (Å²) >= 11 is 0. The van der Waals surface area contributed by atoms with Gasteiger partial charge in [-0.1, -0.05) is 0 Å². The third-order valence-corrected chi connectivity index (χ3v) is 3.03. The second-order valence-electron chi connectivity index (χ2n) is 5.81. The molecule has 0 aliphatic heterocycles. The van der Waals surface area contributed by atoms with Gasteiger partial charge in [0.2, 0.25) is 0 Å². The highest BCUT2D eigenvalue weighted by Gasteiger charge is 2.27. The Morgan fingerprint density at radius 3 is 2.79 bits per heavy atom. The van der Waals surface area contributed by atoms with Crippen LogP contribution in [0, 0.1) is 5.82 Å². The molecule has 1 aliphatic carbocycles. The number of carbonyl (C=O) groups excluding carboxylic acids is 1. The van der Waals surface area contributed by atoms with Crippen LogP contribution in [0.3, 0.4) is 0 Å². The van der Waals surface area contributed by atoms with Gasteiger partial charge in [-0.25, -0.2) is 9.18 Å². The molecule has 104 valence electrons. The molecule has 0 fully saturated rings. The van der Waals surface area contributed by atoms with Gasteiger partial charge in [0, 0.05) is 0 Å². The first-order valence-corrected chi connectivity index (χ1v) is 6.33. The number of aryl methyl sites for hydroxylation is 1. The van der Waals surface area contributed by atoms with E-state index in [2.05, 4.69) is 5.32 Å². The zero-order valence-corrected chi connectivity index (χ0v) is 11.4. The van der Waals surface area contributed by atoms with Crippen LogP contribution >= 0.6 is 0 Å². The molecule has 1 aromatic rings. The molecule has 1 atom stereocenters. The van der Waals surface area contributed by atoms with E-state index in [0.717, 1.165) is 24.0 Å². The summed E-state index contributed by atoms with van der Waals surface area (Å²) in [6, 6.07) is 2.83. The minimum atomic E-state index is -0.544. The highest BCUT2D eigenvalue weighted by Crippen LogP contribution is 2.33. The minimum Gasteiger partial charge on any atom is -0.444 e. The molecular weight excluding hydrogens is 247 g/mol. The monoisotopic (exact) mass is 266 g/mol. The van der Waals surface area contributed by atoms with Gasteiger partial charge >= 0.3 is 6.09 Å². The number of amides is 1. The van der Waals surface area contributed by atoms with E-state index in [4.69, 9.17) is 10.5 Å². The molecule has 0 bridgehead atoms. The van der Waals surface area contributed by atoms with Crippen molar-refractivity contribution in [2.45, 2.75) is 45.3 Å². The second kappa shape index (κ2) is 4.72. The maximum Gasteiger partial charge on any atom is 0.408 e. The summed E-state index contributed by atoms with van der Waals surface area (Å²) in [4.78, 5) is 11.7. The number of nitrogen functional groups attached to an aromatic ring is 1. The van der Waals surface area contributed by atoms with E-state index in [9.17, 15) is 9.18 Å². The van der Waals surface area contributed by atoms with Crippen LogP contribution in [-0.4, -0.2) is 11.7 Å². The Morgan fingerprint density at radius 1 is 1.47 bits per heavy atom. The number of anilines is 1. The van der Waals surface area contributed by atoms with Crippen molar-refractivity contribution in [2.24, 2.45) is 0 Å². The van der Waals surface area contributed by atoms with Gasteiger partial charge in [-0.15, -0.1) is 0 Å². The summed E-state index contributed by atoms with van der Waals surface area (Å²) in [7, 11) is 0. The number of nitrogens with one attached hydrogen (secondary N) is 1.